The van der Waals surface area contributed by atoms with Gasteiger partial charge in [0.2, 0.25) is 76.8 Å². The van der Waals surface area contributed by atoms with E-state index in [-0.39, 0.29) is 46.9 Å². The maximum absolute atomic E-state index is 13.8. The lowest BCUT2D eigenvalue weighted by Gasteiger charge is -2.25. The highest BCUT2D eigenvalue weighted by atomic mass is 32.2. The highest BCUT2D eigenvalue weighted by molar-refractivity contribution is 8.00. The van der Waals surface area contributed by atoms with Gasteiger partial charge in [0, 0.05) is 55.7 Å². The van der Waals surface area contributed by atoms with Gasteiger partial charge in [0.05, 0.1) is 62.8 Å². The van der Waals surface area contributed by atoms with E-state index in [1.165, 1.54) is 49.9 Å². The Morgan fingerprint density at radius 2 is 1.29 bits per heavy atom. The molecule has 36 nitrogen and oxygen atoms in total. The van der Waals surface area contributed by atoms with E-state index in [9.17, 15) is 92.7 Å². The van der Waals surface area contributed by atoms with E-state index in [4.69, 9.17) is 24.1 Å². The summed E-state index contributed by atoms with van der Waals surface area (Å²) in [6.45, 7) is -2.35. The number of carboxylic acids is 1. The predicted octanol–water partition coefficient (Wildman–Crippen LogP) is -12.4. The van der Waals surface area contributed by atoms with Gasteiger partial charge in [0.1, 0.15) is 42.0 Å². The zero-order chi connectivity index (χ0) is 68.7. The van der Waals surface area contributed by atoms with Crippen LogP contribution in [0.1, 0.15) is 32.3 Å². The van der Waals surface area contributed by atoms with Crippen LogP contribution in [0.5, 0.6) is 5.75 Å². The molecule has 0 saturated carbocycles. The molecular weight excluding hydrogens is 1310 g/mol. The number of nitrogens with zero attached hydrogens (tertiary/aromatic N) is 3. The maximum atomic E-state index is 13.8. The van der Waals surface area contributed by atoms with Crippen molar-refractivity contribution in [3.8, 4) is 5.75 Å². The van der Waals surface area contributed by atoms with Crippen molar-refractivity contribution >= 4 is 160 Å². The summed E-state index contributed by atoms with van der Waals surface area (Å²) < 4.78 is 0. The second-order valence-corrected chi connectivity index (χ2v) is 23.8. The number of nitrogens with two attached hydrogens (primary N) is 2. The van der Waals surface area contributed by atoms with Gasteiger partial charge < -0.3 is 118 Å². The van der Waals surface area contributed by atoms with Crippen LogP contribution in [0.25, 0.3) is 0 Å². The summed E-state index contributed by atoms with van der Waals surface area (Å²) in [5.74, 6) is -18.1. The quantitative estimate of drug-likeness (QED) is 0.00986. The normalized spacial score (nSPS) is 18.2. The average molecular weight is 1390 g/mol. The van der Waals surface area contributed by atoms with Crippen molar-refractivity contribution < 1.29 is 92.7 Å². The standard InChI is InChI=1S/C51H77N17O19S5/c1-26(69)60-24-91-21-33(46(82)56-12-37(72)54-14-39(74)64-32(18-88)45(53)81)66-42(77)17-58-47(83)34(22-92-25-61-27(2)70)65-40(75)15-55-38(73)13-57-49(85)36-20-90-23-43(78)63-30(10-28-4-6-29(71)7-5-28)50(86)67-35(19-89-9-3-8-52)48(84)59-16-41(76)62-31(11-44(79)80)51(87)68-36/h4-7,30-36,71,88H,3,8-25,52H2,1-2H3,(H2,53,81)(H,54,72)(H,55,73)(H,56,82)(H,57,85)(H,58,83)(H,59,84)(H,60,69)(H,61,70)(H,62,76)(H,63,78)(H,64,74)(H,65,75)(H,66,77)(H,67,86)(H,68,87)(H,79,80)/p-5/t30-,31+,32+,33+,34+,35+,36+/m1/s1. The number of aromatic hydroxyl groups is 1. The molecule has 41 heteroatoms. The lowest BCUT2D eigenvalue weighted by Crippen LogP contribution is -2.58. The van der Waals surface area contributed by atoms with Crippen LogP contribution in [-0.4, -0.2) is 246 Å². The van der Waals surface area contributed by atoms with Crippen molar-refractivity contribution in [2.24, 2.45) is 26.4 Å². The second-order valence-electron chi connectivity index (χ2n) is 19.2. The molecule has 1 aromatic rings. The van der Waals surface area contributed by atoms with Gasteiger partial charge in [0.25, 0.3) is 0 Å². The van der Waals surface area contributed by atoms with E-state index < -0.39 is 200 Å². The first-order valence-corrected chi connectivity index (χ1v) is 32.7. The smallest absolute Gasteiger partial charge is 0.243 e. The number of hydrogen-bond donors (Lipinski definition) is 15. The number of primary amides is 1. The molecule has 1 saturated heterocycles. The fourth-order valence-electron chi connectivity index (χ4n) is 6.98. The largest absolute Gasteiger partial charge is 0.861 e. The molecular formula is C51H72N17O19S5-5. The molecule has 510 valence electrons. The van der Waals surface area contributed by atoms with Crippen LogP contribution < -0.4 is 95.7 Å². The number of benzene rings is 1. The van der Waals surface area contributed by atoms with E-state index in [0.717, 1.165) is 35.3 Å². The van der Waals surface area contributed by atoms with Gasteiger partial charge in [-0.05, 0) is 54.1 Å². The molecule has 1 aromatic carbocycles. The predicted molar refractivity (Wildman–Crippen MR) is 333 cm³/mol. The van der Waals surface area contributed by atoms with E-state index in [1.54, 1.807) is 0 Å². The van der Waals surface area contributed by atoms with Crippen molar-refractivity contribution in [3.05, 3.63) is 29.8 Å². The summed E-state index contributed by atoms with van der Waals surface area (Å²) in [6, 6.07) is -4.81. The summed E-state index contributed by atoms with van der Waals surface area (Å²) in [5.41, 5.74) is 11.2. The van der Waals surface area contributed by atoms with Crippen molar-refractivity contribution in [2.75, 3.05) is 97.8 Å². The molecule has 0 spiro atoms. The van der Waals surface area contributed by atoms with Crippen molar-refractivity contribution in [2.45, 2.75) is 75.4 Å². The number of carboxylic acid groups (broad SMARTS) is 1. The first kappa shape index (κ1) is 79.8. The van der Waals surface area contributed by atoms with Gasteiger partial charge >= 0.3 is 0 Å². The Bertz CT molecular complexity index is 2840. The molecule has 0 radical (unpaired) electrons. The highest BCUT2D eigenvalue weighted by Crippen LogP contribution is 2.14. The zero-order valence-electron chi connectivity index (χ0n) is 49.6. The van der Waals surface area contributed by atoms with Gasteiger partial charge in [-0.2, -0.15) is 11.8 Å². The zero-order valence-corrected chi connectivity index (χ0v) is 53.7. The monoisotopic (exact) mass is 1390 g/mol. The summed E-state index contributed by atoms with van der Waals surface area (Å²) in [4.78, 5) is 190. The van der Waals surface area contributed by atoms with Crippen LogP contribution in [-0.2, 0) is 86.2 Å². The van der Waals surface area contributed by atoms with Gasteiger partial charge in [-0.25, -0.2) is 0 Å². The van der Waals surface area contributed by atoms with E-state index >= 15 is 0 Å². The summed E-state index contributed by atoms with van der Waals surface area (Å²) in [6.07, 6.45) is -0.722. The number of aliphatic carboxylic acids is 1. The van der Waals surface area contributed by atoms with Gasteiger partial charge in [0.15, 0.2) is 0 Å². The number of aliphatic imine (C=N–C) groups is 3. The minimum atomic E-state index is -1.92. The van der Waals surface area contributed by atoms with E-state index in [0.29, 0.717) is 24.3 Å². The fraction of sp³-hybridized carbons (Fsp3) is 0.549. The average Bonchev–Trinajstić information content (AvgIpc) is 1.10. The molecule has 2 rings (SSSR count). The first-order valence-electron chi connectivity index (χ1n) is 27.5. The van der Waals surface area contributed by atoms with Crippen LogP contribution >= 0.6 is 47.0 Å². The molecule has 0 bridgehead atoms. The third kappa shape index (κ3) is 34.8. The van der Waals surface area contributed by atoms with Crippen LogP contribution in [0.3, 0.4) is 0 Å². The van der Waals surface area contributed by atoms with E-state index in [2.05, 4.69) is 78.8 Å². The summed E-state index contributed by atoms with van der Waals surface area (Å²) in [5, 5.41) is 87.2. The molecule has 1 aliphatic rings. The van der Waals surface area contributed by atoms with Crippen LogP contribution in [0.2, 0.25) is 0 Å². The number of phenolic OH excluding ortho intramolecular Hbond substituents is 1. The van der Waals surface area contributed by atoms with Gasteiger partial charge in [-0.3, -0.25) is 77.3 Å². The van der Waals surface area contributed by atoms with Crippen molar-refractivity contribution in [3.63, 3.8) is 0 Å². The number of phenols is 1. The Morgan fingerprint density at radius 3 is 1.90 bits per heavy atom. The fourth-order valence-corrected chi connectivity index (χ4v) is 10.9. The third-order valence-electron chi connectivity index (χ3n) is 11.6. The molecule has 0 unspecified atom stereocenters. The minimum Gasteiger partial charge on any atom is -0.861 e. The van der Waals surface area contributed by atoms with Crippen LogP contribution in [0.4, 0.5) is 0 Å². The SMILES string of the molecule is CC(=O)NCSC[C@H](NC(=O)CNC(=O)CNC(=O)[C@@H]1CSCC(=O)N[C@H](Cc2ccc(O)cc2)C(=O)N[C@@H](CSCCCN)C(=O)NCC(=O)N[C@@H](CC(=O)[O-])C(=O)N1)C(=O)NCC(=O)N[C@@H](CSCNC(C)=O)C([O-])=NCC([O-])=NCC([O-])=N[C@@H](C[S-])C(N)=O. The Labute approximate surface area is 549 Å². The number of hydrogen-bond acceptors (Lipinski definition) is 28. The third-order valence-corrected chi connectivity index (χ3v) is 15.9. The van der Waals surface area contributed by atoms with Crippen molar-refractivity contribution in [1.82, 2.24) is 63.8 Å². The number of nitrogens with one attached hydrogen (secondary N) is 12. The Hall–Kier alpha value is -8.28. The van der Waals surface area contributed by atoms with Gasteiger partial charge in [-0.15, -0.1) is 41.0 Å². The number of carbonyl (C=O) groups is 14. The Balaban J connectivity index is 2.24. The topological polar surface area (TPSA) is 585 Å². The number of thioether (sulfide) groups is 4. The number of carbonyl (C=O) groups excluding carboxylic acids is 14. The molecule has 1 heterocycles. The number of amides is 13. The van der Waals surface area contributed by atoms with Crippen molar-refractivity contribution in [1.29, 1.82) is 0 Å². The molecule has 17 N–H and O–H groups in total. The van der Waals surface area contributed by atoms with Crippen LogP contribution in [0.15, 0.2) is 39.2 Å². The Morgan fingerprint density at radius 1 is 0.707 bits per heavy atom. The molecule has 92 heavy (non-hydrogen) atoms. The molecule has 0 aromatic heterocycles. The first-order chi connectivity index (χ1) is 43.6. The molecule has 0 aliphatic carbocycles. The lowest BCUT2D eigenvalue weighted by molar-refractivity contribution is -0.306. The Kier molecular flexibility index (Phi) is 38.4. The minimum absolute atomic E-state index is 0.0126. The summed E-state index contributed by atoms with van der Waals surface area (Å²) in [7, 11) is 0. The van der Waals surface area contributed by atoms with Crippen LogP contribution in [0, 0.1) is 0 Å². The maximum Gasteiger partial charge on any atom is 0.243 e. The molecule has 7 atom stereocenters. The molecule has 1 fully saturated rings. The van der Waals surface area contributed by atoms with E-state index in [1.807, 2.05) is 0 Å². The second kappa shape index (κ2) is 44.3. The molecule has 1 aliphatic heterocycles. The highest BCUT2D eigenvalue weighted by Gasteiger charge is 2.31. The molecule has 13 amide bonds. The van der Waals surface area contributed by atoms with Gasteiger partial charge in [-0.1, -0.05) is 12.1 Å². The summed E-state index contributed by atoms with van der Waals surface area (Å²) >= 11 is 8.59. The number of rotatable bonds is 35. The lowest BCUT2D eigenvalue weighted by atomic mass is 10.0.